The Morgan fingerprint density at radius 3 is 3.00 bits per heavy atom. The average Bonchev–Trinajstić information content (AvgIpc) is 2.32. The number of rotatable bonds is 3. The predicted molar refractivity (Wildman–Crippen MR) is 66.0 cm³/mol. The van der Waals surface area contributed by atoms with Crippen LogP contribution in [0.1, 0.15) is 21.5 Å². The fraction of sp³-hybridized carbons (Fsp3) is 0.286. The van der Waals surface area contributed by atoms with Crippen LogP contribution in [0.15, 0.2) is 30.4 Å². The van der Waals surface area contributed by atoms with Crippen LogP contribution in [0.5, 0.6) is 0 Å². The van der Waals surface area contributed by atoms with Crippen LogP contribution in [-0.4, -0.2) is 30.2 Å². The number of amides is 1. The molecule has 17 heavy (non-hydrogen) atoms. The molecule has 0 bridgehead atoms. The van der Waals surface area contributed by atoms with E-state index in [0.717, 1.165) is 30.4 Å². The third-order valence-corrected chi connectivity index (χ3v) is 2.97. The zero-order chi connectivity index (χ0) is 12.3. The Balaban J connectivity index is 2.18. The van der Waals surface area contributed by atoms with Crippen LogP contribution in [0.3, 0.4) is 0 Å². The number of hydrogen-bond donors (Lipinski definition) is 0. The van der Waals surface area contributed by atoms with E-state index >= 15 is 0 Å². The third kappa shape index (κ3) is 2.44. The molecular formula is C14H15NO2. The number of aldehydes is 1. The van der Waals surface area contributed by atoms with Crippen molar-refractivity contribution in [2.24, 2.45) is 0 Å². The monoisotopic (exact) mass is 229 g/mol. The number of nitrogens with zero attached hydrogens (tertiary/aromatic N) is 1. The van der Waals surface area contributed by atoms with Crippen molar-refractivity contribution in [3.63, 3.8) is 0 Å². The third-order valence-electron chi connectivity index (χ3n) is 2.97. The Kier molecular flexibility index (Phi) is 3.38. The van der Waals surface area contributed by atoms with Crippen LogP contribution in [0.4, 0.5) is 0 Å². The van der Waals surface area contributed by atoms with Crippen molar-refractivity contribution in [1.29, 1.82) is 0 Å². The Morgan fingerprint density at radius 2 is 2.24 bits per heavy atom. The van der Waals surface area contributed by atoms with E-state index in [2.05, 4.69) is 6.07 Å². The van der Waals surface area contributed by atoms with E-state index in [1.807, 2.05) is 19.1 Å². The van der Waals surface area contributed by atoms with Gasteiger partial charge in [0.1, 0.15) is 6.29 Å². The first-order valence-electron chi connectivity index (χ1n) is 5.71. The van der Waals surface area contributed by atoms with Crippen LogP contribution in [0.2, 0.25) is 0 Å². The van der Waals surface area contributed by atoms with Crippen LogP contribution in [0.25, 0.3) is 0 Å². The van der Waals surface area contributed by atoms with Crippen molar-refractivity contribution in [1.82, 2.24) is 4.90 Å². The van der Waals surface area contributed by atoms with Crippen molar-refractivity contribution in [3.05, 3.63) is 47.0 Å². The number of hydrogen-bond acceptors (Lipinski definition) is 2. The van der Waals surface area contributed by atoms with Gasteiger partial charge in [-0.2, -0.15) is 0 Å². The van der Waals surface area contributed by atoms with Gasteiger partial charge in [-0.15, -0.1) is 0 Å². The number of aryl methyl sites for hydroxylation is 1. The summed E-state index contributed by atoms with van der Waals surface area (Å²) in [6, 6.07) is 5.93. The lowest BCUT2D eigenvalue weighted by Crippen LogP contribution is -2.37. The summed E-state index contributed by atoms with van der Waals surface area (Å²) in [5.41, 5.74) is 3.11. The summed E-state index contributed by atoms with van der Waals surface area (Å²) < 4.78 is 0. The lowest BCUT2D eigenvalue weighted by atomic mass is 9.97. The van der Waals surface area contributed by atoms with Crippen LogP contribution < -0.4 is 0 Å². The summed E-state index contributed by atoms with van der Waals surface area (Å²) in [6.45, 7) is 3.26. The number of carbonyl (C=O) groups excluding carboxylic acids is 2. The largest absolute Gasteiger partial charge is 0.335 e. The molecule has 0 radical (unpaired) electrons. The van der Waals surface area contributed by atoms with E-state index in [-0.39, 0.29) is 5.91 Å². The lowest BCUT2D eigenvalue weighted by molar-refractivity contribution is -0.104. The van der Waals surface area contributed by atoms with Crippen LogP contribution >= 0.6 is 0 Å². The summed E-state index contributed by atoms with van der Waals surface area (Å²) in [5, 5.41) is 0. The topological polar surface area (TPSA) is 37.4 Å². The quantitative estimate of drug-likeness (QED) is 0.585. The molecule has 1 aliphatic rings. The summed E-state index contributed by atoms with van der Waals surface area (Å²) >= 11 is 0. The van der Waals surface area contributed by atoms with Crippen molar-refractivity contribution >= 4 is 12.2 Å². The second-order valence-corrected chi connectivity index (χ2v) is 4.23. The highest BCUT2D eigenvalue weighted by molar-refractivity contribution is 5.96. The first kappa shape index (κ1) is 11.6. The minimum Gasteiger partial charge on any atom is -0.335 e. The zero-order valence-electron chi connectivity index (χ0n) is 9.85. The Bertz CT molecular complexity index is 477. The second-order valence-electron chi connectivity index (χ2n) is 4.23. The highest BCUT2D eigenvalue weighted by atomic mass is 16.2. The van der Waals surface area contributed by atoms with E-state index < -0.39 is 0 Å². The molecule has 3 heteroatoms. The minimum atomic E-state index is 0.0572. The number of carbonyl (C=O) groups is 2. The number of benzene rings is 1. The molecule has 0 unspecified atom stereocenters. The maximum Gasteiger partial charge on any atom is 0.254 e. The van der Waals surface area contributed by atoms with Gasteiger partial charge in [-0.25, -0.2) is 0 Å². The molecule has 0 atom stereocenters. The van der Waals surface area contributed by atoms with Crippen molar-refractivity contribution in [2.45, 2.75) is 13.3 Å². The van der Waals surface area contributed by atoms with Crippen LogP contribution in [0, 0.1) is 6.92 Å². The van der Waals surface area contributed by atoms with Gasteiger partial charge in [0, 0.05) is 18.7 Å². The van der Waals surface area contributed by atoms with Crippen LogP contribution in [-0.2, 0) is 11.2 Å². The van der Waals surface area contributed by atoms with E-state index in [0.29, 0.717) is 6.54 Å². The second kappa shape index (κ2) is 4.95. The Morgan fingerprint density at radius 1 is 1.41 bits per heavy atom. The number of allylic oxidation sites excluding steroid dienone is 1. The summed E-state index contributed by atoms with van der Waals surface area (Å²) in [6.07, 6.45) is 4.76. The van der Waals surface area contributed by atoms with Gasteiger partial charge in [-0.05, 0) is 31.1 Å². The maximum absolute atomic E-state index is 12.1. The van der Waals surface area contributed by atoms with Gasteiger partial charge >= 0.3 is 0 Å². The molecule has 1 aromatic rings. The van der Waals surface area contributed by atoms with Gasteiger partial charge in [0.25, 0.3) is 5.91 Å². The molecule has 0 saturated carbocycles. The SMILES string of the molecule is Cc1ccc2c(c1)CCN(C/C=C/C=O)C2=O. The van der Waals surface area contributed by atoms with Gasteiger partial charge in [-0.3, -0.25) is 9.59 Å². The van der Waals surface area contributed by atoms with Gasteiger partial charge in [0.05, 0.1) is 0 Å². The molecule has 88 valence electrons. The highest BCUT2D eigenvalue weighted by Gasteiger charge is 2.22. The molecule has 0 N–H and O–H groups in total. The van der Waals surface area contributed by atoms with Gasteiger partial charge < -0.3 is 4.90 Å². The molecule has 1 heterocycles. The van der Waals surface area contributed by atoms with E-state index in [9.17, 15) is 9.59 Å². The fourth-order valence-electron chi connectivity index (χ4n) is 2.08. The highest BCUT2D eigenvalue weighted by Crippen LogP contribution is 2.20. The average molecular weight is 229 g/mol. The standard InChI is InChI=1S/C14H15NO2/c1-11-4-5-13-12(10-11)6-8-15(14(13)17)7-2-3-9-16/h2-5,9-10H,6-8H2,1H3/b3-2+. The normalized spacial score (nSPS) is 15.1. The molecule has 0 spiro atoms. The molecular weight excluding hydrogens is 214 g/mol. The molecule has 1 aliphatic heterocycles. The first-order chi connectivity index (χ1) is 8.22. The number of fused-ring (bicyclic) bond motifs is 1. The fourth-order valence-corrected chi connectivity index (χ4v) is 2.08. The predicted octanol–water partition coefficient (Wildman–Crippen LogP) is 1.75. The molecule has 0 aromatic heterocycles. The molecule has 3 nitrogen and oxygen atoms in total. The van der Waals surface area contributed by atoms with Gasteiger partial charge in [0.15, 0.2) is 0 Å². The smallest absolute Gasteiger partial charge is 0.254 e. The van der Waals surface area contributed by atoms with Gasteiger partial charge in [-0.1, -0.05) is 23.8 Å². The summed E-state index contributed by atoms with van der Waals surface area (Å²) in [5.74, 6) is 0.0572. The molecule has 2 rings (SSSR count). The summed E-state index contributed by atoms with van der Waals surface area (Å²) in [4.78, 5) is 24.1. The zero-order valence-corrected chi connectivity index (χ0v) is 9.85. The maximum atomic E-state index is 12.1. The Hall–Kier alpha value is -1.90. The van der Waals surface area contributed by atoms with Gasteiger partial charge in [0.2, 0.25) is 0 Å². The minimum absolute atomic E-state index is 0.0572. The first-order valence-corrected chi connectivity index (χ1v) is 5.71. The molecule has 0 aliphatic carbocycles. The molecule has 1 aromatic carbocycles. The van der Waals surface area contributed by atoms with Crippen molar-refractivity contribution < 1.29 is 9.59 Å². The van der Waals surface area contributed by atoms with E-state index in [4.69, 9.17) is 0 Å². The summed E-state index contributed by atoms with van der Waals surface area (Å²) in [7, 11) is 0. The molecule has 0 fully saturated rings. The van der Waals surface area contributed by atoms with Crippen molar-refractivity contribution in [2.75, 3.05) is 13.1 Å². The molecule has 0 saturated heterocycles. The van der Waals surface area contributed by atoms with E-state index in [1.165, 1.54) is 11.6 Å². The van der Waals surface area contributed by atoms with Crippen molar-refractivity contribution in [3.8, 4) is 0 Å². The Labute approximate surface area is 101 Å². The van der Waals surface area contributed by atoms with E-state index in [1.54, 1.807) is 11.0 Å². The molecule has 1 amide bonds. The lowest BCUT2D eigenvalue weighted by Gasteiger charge is -2.27.